The maximum Gasteiger partial charge on any atom is 0.317 e. The number of urea groups is 1. The molecule has 2 aromatic rings. The van der Waals surface area contributed by atoms with Crippen LogP contribution < -0.4 is 5.32 Å². The van der Waals surface area contributed by atoms with Crippen molar-refractivity contribution in [1.82, 2.24) is 20.1 Å². The van der Waals surface area contributed by atoms with Crippen LogP contribution in [0.4, 0.5) is 4.79 Å². The van der Waals surface area contributed by atoms with Gasteiger partial charge in [-0.25, -0.2) is 4.79 Å². The van der Waals surface area contributed by atoms with Crippen LogP contribution in [-0.4, -0.2) is 64.7 Å². The highest BCUT2D eigenvalue weighted by Gasteiger charge is 2.41. The number of hydrogen-bond donors (Lipinski definition) is 3. The number of nitrogens with zero attached hydrogens (tertiary/aromatic N) is 2. The predicted molar refractivity (Wildman–Crippen MR) is 115 cm³/mol. The van der Waals surface area contributed by atoms with Crippen LogP contribution in [0.1, 0.15) is 42.9 Å². The summed E-state index contributed by atoms with van der Waals surface area (Å²) in [5.74, 6) is 0.338. The molecular formula is C21H29BrN4O2. The van der Waals surface area contributed by atoms with E-state index in [-0.39, 0.29) is 18.7 Å². The summed E-state index contributed by atoms with van der Waals surface area (Å²) < 4.78 is 1.04. The molecule has 2 amide bonds. The van der Waals surface area contributed by atoms with Crippen molar-refractivity contribution < 1.29 is 9.90 Å². The number of piperidine rings is 1. The number of rotatable bonds is 4. The molecule has 1 aromatic heterocycles. The number of carbonyl (C=O) groups excluding carboxylic acids is 1. The Balaban J connectivity index is 1.68. The second-order valence-corrected chi connectivity index (χ2v) is 8.85. The molecule has 152 valence electrons. The van der Waals surface area contributed by atoms with Gasteiger partial charge < -0.3 is 25.2 Å². The second kappa shape index (κ2) is 7.69. The Hall–Kier alpha value is -1.57. The zero-order chi connectivity index (χ0) is 20.0. The molecule has 0 radical (unpaired) electrons. The normalized spacial score (nSPS) is 24.2. The molecule has 1 saturated heterocycles. The first-order valence-electron chi connectivity index (χ1n) is 10.2. The molecule has 1 unspecified atom stereocenters. The third-order valence-corrected chi connectivity index (χ3v) is 7.17. The van der Waals surface area contributed by atoms with Gasteiger partial charge in [0, 0.05) is 48.5 Å². The van der Waals surface area contributed by atoms with Gasteiger partial charge in [-0.2, -0.15) is 0 Å². The van der Waals surface area contributed by atoms with Crippen LogP contribution in [0.15, 0.2) is 16.7 Å². The number of likely N-dealkylation sites (tertiary alicyclic amines) is 1. The van der Waals surface area contributed by atoms with E-state index in [1.807, 2.05) is 24.8 Å². The van der Waals surface area contributed by atoms with Gasteiger partial charge in [0.15, 0.2) is 0 Å². The van der Waals surface area contributed by atoms with E-state index in [0.717, 1.165) is 48.2 Å². The van der Waals surface area contributed by atoms with Crippen molar-refractivity contribution >= 4 is 32.9 Å². The lowest BCUT2D eigenvalue weighted by Gasteiger charge is -2.46. The average Bonchev–Trinajstić information content (AvgIpc) is 2.99. The first-order valence-corrected chi connectivity index (χ1v) is 10.9. The topological polar surface area (TPSA) is 71.6 Å². The van der Waals surface area contributed by atoms with Crippen LogP contribution in [0.3, 0.4) is 0 Å². The van der Waals surface area contributed by atoms with E-state index in [2.05, 4.69) is 44.2 Å². The lowest BCUT2D eigenvalue weighted by Crippen LogP contribution is -2.56. The van der Waals surface area contributed by atoms with E-state index in [1.165, 1.54) is 16.5 Å². The number of aromatic amines is 1. The van der Waals surface area contributed by atoms with Crippen molar-refractivity contribution in [1.29, 1.82) is 0 Å². The number of nitrogens with one attached hydrogen (secondary N) is 2. The largest absolute Gasteiger partial charge is 0.392 e. The van der Waals surface area contributed by atoms with E-state index in [1.54, 1.807) is 0 Å². The molecule has 2 aliphatic rings. The van der Waals surface area contributed by atoms with Crippen molar-refractivity contribution in [3.8, 4) is 0 Å². The van der Waals surface area contributed by atoms with E-state index < -0.39 is 0 Å². The Morgan fingerprint density at radius 3 is 2.82 bits per heavy atom. The van der Waals surface area contributed by atoms with E-state index in [0.29, 0.717) is 12.0 Å². The summed E-state index contributed by atoms with van der Waals surface area (Å²) in [5, 5.41) is 14.3. The van der Waals surface area contributed by atoms with Crippen LogP contribution in [0.2, 0.25) is 0 Å². The molecule has 0 spiro atoms. The monoisotopic (exact) mass is 448 g/mol. The number of aliphatic hydroxyl groups excluding tert-OH is 1. The van der Waals surface area contributed by atoms with E-state index in [9.17, 15) is 9.90 Å². The minimum absolute atomic E-state index is 0.0250. The van der Waals surface area contributed by atoms with Crippen LogP contribution in [0, 0.1) is 0 Å². The first-order chi connectivity index (χ1) is 13.5. The quantitative estimate of drug-likeness (QED) is 0.672. The van der Waals surface area contributed by atoms with Gasteiger partial charge in [0.2, 0.25) is 0 Å². The Morgan fingerprint density at radius 2 is 2.14 bits per heavy atom. The molecule has 3 atom stereocenters. The van der Waals surface area contributed by atoms with Gasteiger partial charge in [-0.3, -0.25) is 0 Å². The van der Waals surface area contributed by atoms with Crippen molar-refractivity contribution in [2.75, 3.05) is 26.7 Å². The maximum atomic E-state index is 12.6. The molecule has 0 saturated carbocycles. The number of aromatic nitrogens is 1. The van der Waals surface area contributed by atoms with E-state index in [4.69, 9.17) is 0 Å². The zero-order valence-corrected chi connectivity index (χ0v) is 18.3. The van der Waals surface area contributed by atoms with Gasteiger partial charge >= 0.3 is 6.03 Å². The number of hydrogen-bond acceptors (Lipinski definition) is 3. The Labute approximate surface area is 174 Å². The van der Waals surface area contributed by atoms with Crippen LogP contribution >= 0.6 is 15.9 Å². The molecule has 0 bridgehead atoms. The molecule has 2 heterocycles. The summed E-state index contributed by atoms with van der Waals surface area (Å²) in [7, 11) is 2.16. The number of H-pyrrole nitrogens is 1. The number of halogens is 1. The summed E-state index contributed by atoms with van der Waals surface area (Å²) in [6.45, 7) is 6.34. The van der Waals surface area contributed by atoms with Crippen LogP contribution in [0.5, 0.6) is 0 Å². The van der Waals surface area contributed by atoms with Crippen LogP contribution in [-0.2, 0) is 13.0 Å². The fourth-order valence-corrected chi connectivity index (χ4v) is 5.67. The highest BCUT2D eigenvalue weighted by atomic mass is 79.9. The van der Waals surface area contributed by atoms with Gasteiger partial charge in [0.1, 0.15) is 0 Å². The Kier molecular flexibility index (Phi) is 5.42. The maximum absolute atomic E-state index is 12.6. The average molecular weight is 449 g/mol. The lowest BCUT2D eigenvalue weighted by molar-refractivity contribution is 0.124. The van der Waals surface area contributed by atoms with Crippen molar-refractivity contribution in [2.24, 2.45) is 0 Å². The lowest BCUT2D eigenvalue weighted by atomic mass is 9.73. The smallest absolute Gasteiger partial charge is 0.317 e. The van der Waals surface area contributed by atoms with Crippen molar-refractivity contribution in [3.05, 3.63) is 33.4 Å². The first kappa shape index (κ1) is 19.7. The summed E-state index contributed by atoms with van der Waals surface area (Å²) in [5.41, 5.74) is 4.64. The minimum Gasteiger partial charge on any atom is -0.392 e. The third-order valence-electron chi connectivity index (χ3n) is 6.49. The SMILES string of the molecule is CCN(CC)C(=O)N[C@H]1CC2c3cc(CO)cc4[nH]c(Br)c(c34)C[C@H]2N(C)C1. The van der Waals surface area contributed by atoms with Crippen LogP contribution in [0.25, 0.3) is 10.9 Å². The standard InChI is InChI=1S/C21H29BrN4O2/c1-4-26(5-2)21(28)23-13-8-14-15-6-12(11-27)7-17-19(15)16(20(22)24-17)9-18(14)25(3)10-13/h6-7,13-14,18,24,27H,4-5,8-11H2,1-3H3,(H,23,28)/t13-,14?,18+/m0/s1. The van der Waals surface area contributed by atoms with E-state index >= 15 is 0 Å². The number of carbonyl (C=O) groups is 1. The number of aliphatic hydroxyl groups is 1. The zero-order valence-electron chi connectivity index (χ0n) is 16.8. The molecule has 4 rings (SSSR count). The summed E-state index contributed by atoms with van der Waals surface area (Å²) in [6.07, 6.45) is 1.91. The Morgan fingerprint density at radius 1 is 1.39 bits per heavy atom. The molecule has 1 aromatic carbocycles. The molecule has 1 fully saturated rings. The molecule has 1 aliphatic heterocycles. The molecule has 6 nitrogen and oxygen atoms in total. The fraction of sp³-hybridized carbons (Fsp3) is 0.571. The number of likely N-dealkylation sites (N-methyl/N-ethyl adjacent to an activating group) is 1. The highest BCUT2D eigenvalue weighted by molar-refractivity contribution is 9.10. The third kappa shape index (κ3) is 3.23. The highest BCUT2D eigenvalue weighted by Crippen LogP contribution is 2.45. The molecule has 28 heavy (non-hydrogen) atoms. The number of amides is 2. The fourth-order valence-electron chi connectivity index (χ4n) is 5.09. The predicted octanol–water partition coefficient (Wildman–Crippen LogP) is 3.19. The van der Waals surface area contributed by atoms with Crippen molar-refractivity contribution in [2.45, 2.75) is 51.3 Å². The van der Waals surface area contributed by atoms with Crippen molar-refractivity contribution in [3.63, 3.8) is 0 Å². The molecule has 3 N–H and O–H groups in total. The van der Waals surface area contributed by atoms with Gasteiger partial charge in [-0.05, 0) is 72.4 Å². The number of benzene rings is 1. The molecule has 1 aliphatic carbocycles. The summed E-state index contributed by atoms with van der Waals surface area (Å²) >= 11 is 3.70. The molecule has 7 heteroatoms. The number of fused-ring (bicyclic) bond motifs is 2. The van der Waals surface area contributed by atoms with Gasteiger partial charge in [0.05, 0.1) is 11.2 Å². The minimum atomic E-state index is 0.0250. The van der Waals surface area contributed by atoms with Gasteiger partial charge in [-0.15, -0.1) is 0 Å². The second-order valence-electron chi connectivity index (χ2n) is 8.06. The Bertz CT molecular complexity index is 892. The van der Waals surface area contributed by atoms with Gasteiger partial charge in [0.25, 0.3) is 0 Å². The molecular weight excluding hydrogens is 420 g/mol. The van der Waals surface area contributed by atoms with Gasteiger partial charge in [-0.1, -0.05) is 6.07 Å². The summed E-state index contributed by atoms with van der Waals surface area (Å²) in [6, 6.07) is 4.75. The summed E-state index contributed by atoms with van der Waals surface area (Å²) in [4.78, 5) is 20.2.